The maximum absolute atomic E-state index is 5.94. The summed E-state index contributed by atoms with van der Waals surface area (Å²) in [6.45, 7) is 6.26. The van der Waals surface area contributed by atoms with Crippen LogP contribution in [0.15, 0.2) is 30.3 Å². The third-order valence-corrected chi connectivity index (χ3v) is 2.23. The zero-order valence-electron chi connectivity index (χ0n) is 8.95. The van der Waals surface area contributed by atoms with Gasteiger partial charge in [-0.05, 0) is 31.9 Å². The fourth-order valence-electron chi connectivity index (χ4n) is 1.70. The number of fused-ring (bicyclic) bond motifs is 1. The number of ether oxygens (including phenoxy) is 1. The van der Waals surface area contributed by atoms with Gasteiger partial charge >= 0.3 is 0 Å². The molecular formula is C13H16O. The number of benzene rings is 1. The van der Waals surface area contributed by atoms with Gasteiger partial charge in [0.05, 0.1) is 5.60 Å². The van der Waals surface area contributed by atoms with Crippen LogP contribution in [0.2, 0.25) is 0 Å². The average molecular weight is 188 g/mol. The first-order valence-corrected chi connectivity index (χ1v) is 5.01. The SMILES string of the molecule is CC(C)(C)OC1C=Cc2ccccc21. The van der Waals surface area contributed by atoms with Crippen molar-refractivity contribution in [1.82, 2.24) is 0 Å². The van der Waals surface area contributed by atoms with E-state index in [4.69, 9.17) is 4.74 Å². The Morgan fingerprint density at radius 1 is 1.14 bits per heavy atom. The molecular weight excluding hydrogens is 172 g/mol. The molecule has 1 aromatic carbocycles. The molecule has 0 fully saturated rings. The van der Waals surface area contributed by atoms with Crippen LogP contribution in [0.5, 0.6) is 0 Å². The first-order chi connectivity index (χ1) is 6.56. The fraction of sp³-hybridized carbons (Fsp3) is 0.385. The number of hydrogen-bond donors (Lipinski definition) is 0. The second kappa shape index (κ2) is 3.25. The van der Waals surface area contributed by atoms with Crippen molar-refractivity contribution in [2.75, 3.05) is 0 Å². The molecule has 1 heteroatoms. The summed E-state index contributed by atoms with van der Waals surface area (Å²) in [7, 11) is 0. The largest absolute Gasteiger partial charge is 0.364 e. The van der Waals surface area contributed by atoms with Crippen LogP contribution in [0.1, 0.15) is 38.0 Å². The van der Waals surface area contributed by atoms with Gasteiger partial charge in [0.15, 0.2) is 0 Å². The summed E-state index contributed by atoms with van der Waals surface area (Å²) in [5, 5.41) is 0. The third-order valence-electron chi connectivity index (χ3n) is 2.23. The van der Waals surface area contributed by atoms with Gasteiger partial charge in [-0.2, -0.15) is 0 Å². The summed E-state index contributed by atoms with van der Waals surface area (Å²) in [6.07, 6.45) is 4.38. The van der Waals surface area contributed by atoms with Gasteiger partial charge in [-0.15, -0.1) is 0 Å². The summed E-state index contributed by atoms with van der Waals surface area (Å²) >= 11 is 0. The summed E-state index contributed by atoms with van der Waals surface area (Å²) < 4.78 is 5.94. The van der Waals surface area contributed by atoms with Crippen LogP contribution in [-0.2, 0) is 4.74 Å². The van der Waals surface area contributed by atoms with Crippen molar-refractivity contribution in [3.05, 3.63) is 41.5 Å². The lowest BCUT2D eigenvalue weighted by atomic mass is 10.1. The van der Waals surface area contributed by atoms with E-state index in [2.05, 4.69) is 57.2 Å². The van der Waals surface area contributed by atoms with E-state index in [1.165, 1.54) is 11.1 Å². The Labute approximate surface area is 85.4 Å². The van der Waals surface area contributed by atoms with Crippen molar-refractivity contribution in [2.24, 2.45) is 0 Å². The van der Waals surface area contributed by atoms with E-state index >= 15 is 0 Å². The molecule has 0 bridgehead atoms. The van der Waals surface area contributed by atoms with E-state index in [1.807, 2.05) is 0 Å². The van der Waals surface area contributed by atoms with Crippen LogP contribution in [0.4, 0.5) is 0 Å². The van der Waals surface area contributed by atoms with Gasteiger partial charge in [0.25, 0.3) is 0 Å². The topological polar surface area (TPSA) is 9.23 Å². The maximum atomic E-state index is 5.94. The molecule has 0 spiro atoms. The van der Waals surface area contributed by atoms with Crippen molar-refractivity contribution in [1.29, 1.82) is 0 Å². The molecule has 14 heavy (non-hydrogen) atoms. The molecule has 0 saturated heterocycles. The molecule has 1 aliphatic rings. The van der Waals surface area contributed by atoms with E-state index in [0.29, 0.717) is 0 Å². The van der Waals surface area contributed by atoms with Crippen molar-refractivity contribution in [2.45, 2.75) is 32.5 Å². The molecule has 0 saturated carbocycles. The predicted octanol–water partition coefficient (Wildman–Crippen LogP) is 3.57. The second-order valence-electron chi connectivity index (χ2n) is 4.64. The zero-order chi connectivity index (χ0) is 10.2. The van der Waals surface area contributed by atoms with Gasteiger partial charge in [-0.3, -0.25) is 0 Å². The number of hydrogen-bond acceptors (Lipinski definition) is 1. The van der Waals surface area contributed by atoms with Crippen molar-refractivity contribution < 1.29 is 4.74 Å². The lowest BCUT2D eigenvalue weighted by Crippen LogP contribution is -2.21. The second-order valence-corrected chi connectivity index (χ2v) is 4.64. The van der Waals surface area contributed by atoms with Crippen molar-refractivity contribution >= 4 is 6.08 Å². The van der Waals surface area contributed by atoms with Crippen LogP contribution in [-0.4, -0.2) is 5.60 Å². The van der Waals surface area contributed by atoms with Crippen LogP contribution in [0, 0.1) is 0 Å². The molecule has 2 rings (SSSR count). The Morgan fingerprint density at radius 2 is 1.86 bits per heavy atom. The zero-order valence-corrected chi connectivity index (χ0v) is 8.95. The summed E-state index contributed by atoms with van der Waals surface area (Å²) in [5.74, 6) is 0. The lowest BCUT2D eigenvalue weighted by molar-refractivity contribution is -0.0382. The molecule has 1 nitrogen and oxygen atoms in total. The maximum Gasteiger partial charge on any atom is 0.102 e. The summed E-state index contributed by atoms with van der Waals surface area (Å²) in [4.78, 5) is 0. The smallest absolute Gasteiger partial charge is 0.102 e. The first kappa shape index (κ1) is 9.47. The minimum absolute atomic E-state index is 0.0908. The van der Waals surface area contributed by atoms with Crippen LogP contribution in [0.3, 0.4) is 0 Å². The highest BCUT2D eigenvalue weighted by Crippen LogP contribution is 2.33. The molecule has 0 aliphatic heterocycles. The van der Waals surface area contributed by atoms with Crippen molar-refractivity contribution in [3.8, 4) is 0 Å². The van der Waals surface area contributed by atoms with Gasteiger partial charge in [0.2, 0.25) is 0 Å². The molecule has 0 radical (unpaired) electrons. The Morgan fingerprint density at radius 3 is 2.57 bits per heavy atom. The monoisotopic (exact) mass is 188 g/mol. The minimum atomic E-state index is -0.0908. The molecule has 0 N–H and O–H groups in total. The molecule has 1 unspecified atom stereocenters. The molecule has 1 aliphatic carbocycles. The highest BCUT2D eigenvalue weighted by Gasteiger charge is 2.22. The Kier molecular flexibility index (Phi) is 2.20. The highest BCUT2D eigenvalue weighted by molar-refractivity contribution is 5.61. The Hall–Kier alpha value is -1.08. The molecule has 1 aromatic rings. The lowest BCUT2D eigenvalue weighted by Gasteiger charge is -2.24. The fourth-order valence-corrected chi connectivity index (χ4v) is 1.70. The van der Waals surface area contributed by atoms with E-state index < -0.39 is 0 Å². The standard InChI is InChI=1S/C13H16O/c1-13(2,3)14-12-9-8-10-6-4-5-7-11(10)12/h4-9,12H,1-3H3. The normalized spacial score (nSPS) is 19.8. The molecule has 0 amide bonds. The Bertz CT molecular complexity index is 358. The van der Waals surface area contributed by atoms with E-state index in [9.17, 15) is 0 Å². The van der Waals surface area contributed by atoms with E-state index in [1.54, 1.807) is 0 Å². The van der Waals surface area contributed by atoms with Gasteiger partial charge in [-0.25, -0.2) is 0 Å². The molecule has 0 aromatic heterocycles. The average Bonchev–Trinajstić information content (AvgIpc) is 2.47. The van der Waals surface area contributed by atoms with E-state index in [-0.39, 0.29) is 11.7 Å². The summed E-state index contributed by atoms with van der Waals surface area (Å²) in [6, 6.07) is 8.37. The Balaban J connectivity index is 2.23. The predicted molar refractivity (Wildman–Crippen MR) is 59.1 cm³/mol. The van der Waals surface area contributed by atoms with Gasteiger partial charge in [0, 0.05) is 0 Å². The summed E-state index contributed by atoms with van der Waals surface area (Å²) in [5.41, 5.74) is 2.47. The highest BCUT2D eigenvalue weighted by atomic mass is 16.5. The van der Waals surface area contributed by atoms with Crippen LogP contribution < -0.4 is 0 Å². The van der Waals surface area contributed by atoms with Crippen LogP contribution in [0.25, 0.3) is 6.08 Å². The van der Waals surface area contributed by atoms with Crippen molar-refractivity contribution in [3.63, 3.8) is 0 Å². The molecule has 0 heterocycles. The molecule has 74 valence electrons. The van der Waals surface area contributed by atoms with Gasteiger partial charge < -0.3 is 4.74 Å². The minimum Gasteiger partial charge on any atom is -0.364 e. The van der Waals surface area contributed by atoms with E-state index in [0.717, 1.165) is 0 Å². The third kappa shape index (κ3) is 1.88. The number of rotatable bonds is 1. The quantitative estimate of drug-likeness (QED) is 0.654. The molecule has 1 atom stereocenters. The van der Waals surface area contributed by atoms with Gasteiger partial charge in [0.1, 0.15) is 6.10 Å². The first-order valence-electron chi connectivity index (χ1n) is 5.01. The van der Waals surface area contributed by atoms with Gasteiger partial charge in [-0.1, -0.05) is 36.4 Å². The van der Waals surface area contributed by atoms with Crippen LogP contribution >= 0.6 is 0 Å².